The van der Waals surface area contributed by atoms with E-state index in [-0.39, 0.29) is 11.9 Å². The van der Waals surface area contributed by atoms with E-state index in [0.717, 1.165) is 39.7 Å². The highest BCUT2D eigenvalue weighted by Gasteiger charge is 2.14. The van der Waals surface area contributed by atoms with Gasteiger partial charge >= 0.3 is 0 Å². The first-order valence-electron chi connectivity index (χ1n) is 12.0. The Kier molecular flexibility index (Phi) is 7.14. The zero-order valence-electron chi connectivity index (χ0n) is 20.4. The van der Waals surface area contributed by atoms with Crippen LogP contribution in [0.2, 0.25) is 0 Å². The average molecular weight is 493 g/mol. The number of hydrogen-bond acceptors (Lipinski definition) is 4. The van der Waals surface area contributed by atoms with E-state index >= 15 is 0 Å². The first-order chi connectivity index (χ1) is 17.6. The molecule has 0 spiro atoms. The lowest BCUT2D eigenvalue weighted by Gasteiger charge is -2.14. The van der Waals surface area contributed by atoms with Crippen LogP contribution in [0.4, 0.5) is 0 Å². The zero-order chi connectivity index (χ0) is 24.9. The predicted molar refractivity (Wildman–Crippen MR) is 146 cm³/mol. The van der Waals surface area contributed by atoms with Gasteiger partial charge in [-0.25, -0.2) is 9.97 Å². The van der Waals surface area contributed by atoms with E-state index in [4.69, 9.17) is 4.98 Å². The summed E-state index contributed by atoms with van der Waals surface area (Å²) in [5, 5.41) is 4.01. The van der Waals surface area contributed by atoms with E-state index in [9.17, 15) is 4.79 Å². The number of hydrogen-bond donors (Lipinski definition) is 1. The van der Waals surface area contributed by atoms with Gasteiger partial charge in [-0.1, -0.05) is 84.1 Å². The summed E-state index contributed by atoms with van der Waals surface area (Å²) in [5.41, 5.74) is 7.12. The Morgan fingerprint density at radius 3 is 2.53 bits per heavy atom. The predicted octanol–water partition coefficient (Wildman–Crippen LogP) is 6.57. The molecular weight excluding hydrogens is 464 g/mol. The van der Waals surface area contributed by atoms with Gasteiger partial charge in [-0.2, -0.15) is 0 Å². The standard InChI is InChI=1S/C30H28N4OS/c1-21-8-6-9-24(18-21)19-34-28-27(12-7-17-31-28)33-30(34)36-20-23-13-15-26(16-14-23)29(35)32-22(2)25-10-4-3-5-11-25/h3-18,22H,19-20H2,1-2H3,(H,32,35)/t22-/m0/s1. The van der Waals surface area contributed by atoms with Crippen molar-refractivity contribution < 1.29 is 4.79 Å². The molecule has 3 aromatic carbocycles. The van der Waals surface area contributed by atoms with Gasteiger partial charge in [-0.05, 0) is 54.8 Å². The van der Waals surface area contributed by atoms with E-state index in [2.05, 4.69) is 46.1 Å². The number of imidazole rings is 1. The van der Waals surface area contributed by atoms with Crippen molar-refractivity contribution in [3.05, 3.63) is 125 Å². The number of carbonyl (C=O) groups excluding carboxylic acids is 1. The molecule has 36 heavy (non-hydrogen) atoms. The monoisotopic (exact) mass is 492 g/mol. The number of rotatable bonds is 8. The van der Waals surface area contributed by atoms with Gasteiger partial charge in [0.05, 0.1) is 12.6 Å². The maximum absolute atomic E-state index is 12.7. The lowest BCUT2D eigenvalue weighted by atomic mass is 10.1. The molecule has 0 saturated carbocycles. The summed E-state index contributed by atoms with van der Waals surface area (Å²) in [6.07, 6.45) is 1.81. The second-order valence-corrected chi connectivity index (χ2v) is 9.85. The van der Waals surface area contributed by atoms with Crippen molar-refractivity contribution in [3.8, 4) is 0 Å². The number of fused-ring (bicyclic) bond motifs is 1. The minimum atomic E-state index is -0.0726. The summed E-state index contributed by atoms with van der Waals surface area (Å²) in [4.78, 5) is 22.2. The SMILES string of the molecule is Cc1cccc(Cn2c(SCc3ccc(C(=O)N[C@@H](C)c4ccccc4)cc3)nc3cccnc32)c1. The number of aromatic nitrogens is 3. The third-order valence-electron chi connectivity index (χ3n) is 6.12. The van der Waals surface area contributed by atoms with Gasteiger partial charge < -0.3 is 5.32 Å². The van der Waals surface area contributed by atoms with Gasteiger partial charge in [0.25, 0.3) is 5.91 Å². The summed E-state index contributed by atoms with van der Waals surface area (Å²) in [6.45, 7) is 4.82. The number of thioether (sulfide) groups is 1. The Balaban J connectivity index is 1.28. The summed E-state index contributed by atoms with van der Waals surface area (Å²) in [5.74, 6) is 0.677. The molecule has 0 unspecified atom stereocenters. The first kappa shape index (κ1) is 23.8. The lowest BCUT2D eigenvalue weighted by Crippen LogP contribution is -2.26. The van der Waals surface area contributed by atoms with Crippen LogP contribution in [0.15, 0.2) is 102 Å². The number of pyridine rings is 1. The summed E-state index contributed by atoms with van der Waals surface area (Å²) < 4.78 is 2.18. The molecule has 0 bridgehead atoms. The van der Waals surface area contributed by atoms with Crippen molar-refractivity contribution in [3.63, 3.8) is 0 Å². The highest BCUT2D eigenvalue weighted by Crippen LogP contribution is 2.27. The summed E-state index contributed by atoms with van der Waals surface area (Å²) >= 11 is 1.68. The summed E-state index contributed by atoms with van der Waals surface area (Å²) in [7, 11) is 0. The van der Waals surface area contributed by atoms with Gasteiger partial charge in [-0.3, -0.25) is 9.36 Å². The molecule has 0 fully saturated rings. The number of aryl methyl sites for hydroxylation is 1. The minimum Gasteiger partial charge on any atom is -0.346 e. The first-order valence-corrected chi connectivity index (χ1v) is 13.0. The van der Waals surface area contributed by atoms with Crippen LogP contribution in [0.3, 0.4) is 0 Å². The van der Waals surface area contributed by atoms with E-state index in [1.165, 1.54) is 11.1 Å². The van der Waals surface area contributed by atoms with Crippen LogP contribution < -0.4 is 5.32 Å². The van der Waals surface area contributed by atoms with E-state index < -0.39 is 0 Å². The van der Waals surface area contributed by atoms with Crippen LogP contribution in [0.5, 0.6) is 0 Å². The van der Waals surface area contributed by atoms with E-state index in [1.807, 2.05) is 79.9 Å². The zero-order valence-corrected chi connectivity index (χ0v) is 21.2. The van der Waals surface area contributed by atoms with Crippen LogP contribution in [0.25, 0.3) is 11.2 Å². The molecule has 0 saturated heterocycles. The fourth-order valence-corrected chi connectivity index (χ4v) is 5.15. The number of nitrogens with zero attached hydrogens (tertiary/aromatic N) is 3. The topological polar surface area (TPSA) is 59.8 Å². The molecule has 2 aromatic heterocycles. The van der Waals surface area contributed by atoms with Gasteiger partial charge in [0.1, 0.15) is 5.52 Å². The van der Waals surface area contributed by atoms with Gasteiger partial charge in [0.2, 0.25) is 0 Å². The largest absolute Gasteiger partial charge is 0.346 e. The van der Waals surface area contributed by atoms with Crippen LogP contribution in [-0.2, 0) is 12.3 Å². The Labute approximate surface area is 215 Å². The molecule has 180 valence electrons. The average Bonchev–Trinajstić information content (AvgIpc) is 3.25. The Bertz CT molecular complexity index is 1480. The smallest absolute Gasteiger partial charge is 0.251 e. The molecule has 0 aliphatic carbocycles. The maximum Gasteiger partial charge on any atom is 0.251 e. The second-order valence-electron chi connectivity index (χ2n) is 8.91. The van der Waals surface area contributed by atoms with Gasteiger partial charge in [-0.15, -0.1) is 0 Å². The second kappa shape index (κ2) is 10.8. The van der Waals surface area contributed by atoms with E-state index in [1.54, 1.807) is 11.8 Å². The maximum atomic E-state index is 12.7. The lowest BCUT2D eigenvalue weighted by molar-refractivity contribution is 0.0940. The van der Waals surface area contributed by atoms with Crippen LogP contribution in [0.1, 0.15) is 45.6 Å². The fourth-order valence-electron chi connectivity index (χ4n) is 4.19. The third-order valence-corrected chi connectivity index (χ3v) is 7.17. The van der Waals surface area contributed by atoms with E-state index in [0.29, 0.717) is 5.56 Å². The fraction of sp³-hybridized carbons (Fsp3) is 0.167. The molecule has 1 amide bonds. The summed E-state index contributed by atoms with van der Waals surface area (Å²) in [6, 6.07) is 30.2. The normalized spacial score (nSPS) is 11.9. The van der Waals surface area contributed by atoms with Crippen molar-refractivity contribution in [2.45, 2.75) is 37.3 Å². The molecule has 2 heterocycles. The highest BCUT2D eigenvalue weighted by atomic mass is 32.2. The molecule has 0 radical (unpaired) electrons. The number of carbonyl (C=O) groups is 1. The van der Waals surface area contributed by atoms with Gasteiger partial charge in [0, 0.05) is 17.5 Å². The Hall–Kier alpha value is -3.90. The molecule has 0 aliphatic heterocycles. The van der Waals surface area contributed by atoms with Crippen LogP contribution >= 0.6 is 11.8 Å². The van der Waals surface area contributed by atoms with Crippen molar-refractivity contribution >= 4 is 28.8 Å². The number of amides is 1. The number of benzene rings is 3. The molecule has 5 aromatic rings. The molecule has 5 nitrogen and oxygen atoms in total. The Morgan fingerprint density at radius 1 is 0.944 bits per heavy atom. The van der Waals surface area contributed by atoms with Crippen molar-refractivity contribution in [2.24, 2.45) is 0 Å². The van der Waals surface area contributed by atoms with Crippen molar-refractivity contribution in [1.82, 2.24) is 19.9 Å². The highest BCUT2D eigenvalue weighted by molar-refractivity contribution is 7.98. The minimum absolute atomic E-state index is 0.0519. The molecule has 5 rings (SSSR count). The quantitative estimate of drug-likeness (QED) is 0.249. The molecular formula is C30H28N4OS. The number of nitrogens with one attached hydrogen (secondary N) is 1. The molecule has 6 heteroatoms. The molecule has 1 N–H and O–H groups in total. The van der Waals surface area contributed by atoms with Crippen molar-refractivity contribution in [1.29, 1.82) is 0 Å². The van der Waals surface area contributed by atoms with Crippen molar-refractivity contribution in [2.75, 3.05) is 0 Å². The Morgan fingerprint density at radius 2 is 1.75 bits per heavy atom. The van der Waals surface area contributed by atoms with Crippen LogP contribution in [0, 0.1) is 6.92 Å². The van der Waals surface area contributed by atoms with Gasteiger partial charge in [0.15, 0.2) is 10.8 Å². The molecule has 1 atom stereocenters. The third kappa shape index (κ3) is 5.50. The molecule has 0 aliphatic rings. The van der Waals surface area contributed by atoms with Crippen LogP contribution in [-0.4, -0.2) is 20.4 Å².